The van der Waals surface area contributed by atoms with Crippen LogP contribution < -0.4 is 9.81 Å². The Hall–Kier alpha value is -3.80. The highest BCUT2D eigenvalue weighted by Crippen LogP contribution is 2.34. The Balaban J connectivity index is 1.61. The standard InChI is InChI=1S/C25H23N6O5PS/c32-37(33,34)31-38(35,36)20-13-18(14-26-16-20)24-29-22-11-6-10-21(17-7-2-1-3-8-17)23(22)25(30-24)28-15-19-9-4-5-12-27-19/h1-14,20H,15-16H2,(H,28,29,30)(H3,31,32,33,34). The van der Waals surface area contributed by atoms with E-state index in [9.17, 15) is 13.0 Å². The van der Waals surface area contributed by atoms with Gasteiger partial charge in [-0.25, -0.2) is 23.0 Å². The Morgan fingerprint density at radius 2 is 1.76 bits per heavy atom. The summed E-state index contributed by atoms with van der Waals surface area (Å²) in [4.78, 5) is 36.1. The summed E-state index contributed by atoms with van der Waals surface area (Å²) < 4.78 is 37.8. The van der Waals surface area contributed by atoms with Gasteiger partial charge in [-0.2, -0.15) is 0 Å². The molecule has 4 N–H and O–H groups in total. The van der Waals surface area contributed by atoms with Crippen LogP contribution in [0.5, 0.6) is 0 Å². The number of dihydropyridines is 1. The van der Waals surface area contributed by atoms with Gasteiger partial charge in [-0.15, -0.1) is 4.49 Å². The summed E-state index contributed by atoms with van der Waals surface area (Å²) in [6, 6.07) is 21.1. The van der Waals surface area contributed by atoms with Crippen molar-refractivity contribution in [1.82, 2.24) is 19.4 Å². The quantitative estimate of drug-likeness (QED) is 0.241. The second-order valence-electron chi connectivity index (χ2n) is 8.47. The minimum atomic E-state index is -5.03. The lowest BCUT2D eigenvalue weighted by Crippen LogP contribution is -2.34. The lowest BCUT2D eigenvalue weighted by Gasteiger charge is -2.18. The third-order valence-corrected chi connectivity index (χ3v) is 8.81. The van der Waals surface area contributed by atoms with Crippen LogP contribution in [0.4, 0.5) is 5.82 Å². The molecule has 194 valence electrons. The minimum Gasteiger partial charge on any atom is -0.364 e. The largest absolute Gasteiger partial charge is 0.413 e. The lowest BCUT2D eigenvalue weighted by atomic mass is 10.0. The van der Waals surface area contributed by atoms with Gasteiger partial charge >= 0.3 is 7.75 Å². The molecule has 0 amide bonds. The van der Waals surface area contributed by atoms with Crippen LogP contribution in [0.25, 0.3) is 27.6 Å². The molecule has 11 nitrogen and oxygen atoms in total. The van der Waals surface area contributed by atoms with E-state index in [0.29, 0.717) is 23.5 Å². The molecule has 1 unspecified atom stereocenters. The van der Waals surface area contributed by atoms with Gasteiger partial charge in [0.15, 0.2) is 5.82 Å². The summed E-state index contributed by atoms with van der Waals surface area (Å²) in [5.74, 6) is 0.730. The predicted molar refractivity (Wildman–Crippen MR) is 146 cm³/mol. The maximum Gasteiger partial charge on any atom is 0.413 e. The van der Waals surface area contributed by atoms with Crippen molar-refractivity contribution in [2.75, 3.05) is 11.9 Å². The number of benzene rings is 2. The first kappa shape index (κ1) is 25.8. The van der Waals surface area contributed by atoms with Crippen molar-refractivity contribution in [3.05, 3.63) is 90.5 Å². The van der Waals surface area contributed by atoms with E-state index in [0.717, 1.165) is 22.2 Å². The van der Waals surface area contributed by atoms with E-state index >= 15 is 0 Å². The van der Waals surface area contributed by atoms with Gasteiger partial charge in [0.25, 0.3) is 0 Å². The molecule has 3 heterocycles. The molecular formula is C25H23N6O5PS. The Bertz CT molecular complexity index is 1690. The fraction of sp³-hybridized carbons (Fsp3) is 0.120. The van der Waals surface area contributed by atoms with Gasteiger partial charge in [0.05, 0.1) is 29.7 Å². The summed E-state index contributed by atoms with van der Waals surface area (Å²) in [6.07, 6.45) is 4.50. The molecule has 0 saturated carbocycles. The van der Waals surface area contributed by atoms with Crippen molar-refractivity contribution >= 4 is 46.3 Å². The van der Waals surface area contributed by atoms with Crippen LogP contribution in [0, 0.1) is 0 Å². The third kappa shape index (κ3) is 5.85. The number of anilines is 1. The molecule has 0 spiro atoms. The summed E-state index contributed by atoms with van der Waals surface area (Å²) in [7, 11) is -9.43. The zero-order chi connectivity index (χ0) is 26.8. The van der Waals surface area contributed by atoms with Crippen LogP contribution >= 0.6 is 7.75 Å². The van der Waals surface area contributed by atoms with Crippen LogP contribution in [0.2, 0.25) is 0 Å². The van der Waals surface area contributed by atoms with E-state index in [1.807, 2.05) is 66.7 Å². The molecule has 0 fully saturated rings. The first-order chi connectivity index (χ1) is 18.2. The van der Waals surface area contributed by atoms with E-state index in [2.05, 4.69) is 15.3 Å². The van der Waals surface area contributed by atoms with E-state index in [-0.39, 0.29) is 12.4 Å². The molecule has 0 aliphatic carbocycles. The molecule has 1 aliphatic heterocycles. The summed E-state index contributed by atoms with van der Waals surface area (Å²) >= 11 is 0. The van der Waals surface area contributed by atoms with Crippen LogP contribution in [0.3, 0.4) is 0 Å². The maximum atomic E-state index is 12.5. The normalized spacial score (nSPS) is 15.8. The van der Waals surface area contributed by atoms with Crippen molar-refractivity contribution < 1.29 is 22.8 Å². The number of rotatable bonds is 8. The molecule has 5 rings (SSSR count). The number of nitrogens with one attached hydrogen (secondary N) is 2. The average molecular weight is 551 g/mol. The number of aromatic nitrogens is 3. The van der Waals surface area contributed by atoms with Crippen LogP contribution in [-0.2, 0) is 21.1 Å². The monoisotopic (exact) mass is 550 g/mol. The van der Waals surface area contributed by atoms with Crippen LogP contribution in [0.15, 0.2) is 84.0 Å². The van der Waals surface area contributed by atoms with Gasteiger partial charge in [0.1, 0.15) is 11.1 Å². The second kappa shape index (κ2) is 10.5. The number of sulfonamides is 1. The minimum absolute atomic E-state index is 0.199. The maximum absolute atomic E-state index is 12.5. The lowest BCUT2D eigenvalue weighted by molar-refractivity contribution is 0.367. The number of fused-ring (bicyclic) bond motifs is 1. The molecule has 1 aliphatic rings. The smallest absolute Gasteiger partial charge is 0.364 e. The third-order valence-electron chi connectivity index (χ3n) is 5.76. The Labute approximate surface area is 218 Å². The van der Waals surface area contributed by atoms with Crippen molar-refractivity contribution in [2.24, 2.45) is 4.99 Å². The Morgan fingerprint density at radius 1 is 0.974 bits per heavy atom. The highest BCUT2D eigenvalue weighted by atomic mass is 32.2. The highest BCUT2D eigenvalue weighted by Gasteiger charge is 2.32. The van der Waals surface area contributed by atoms with E-state index in [4.69, 9.17) is 19.8 Å². The van der Waals surface area contributed by atoms with Gasteiger partial charge in [0, 0.05) is 18.0 Å². The SMILES string of the molecule is O=P(O)(O)NS(=O)(=O)C1C=C(c2nc(NCc3ccccn3)c3c(-c4ccccc4)cccc3n2)C=NC1. The van der Waals surface area contributed by atoms with Crippen molar-refractivity contribution in [3.63, 3.8) is 0 Å². The number of pyridine rings is 1. The summed E-state index contributed by atoms with van der Waals surface area (Å²) in [5.41, 5.74) is 3.61. The van der Waals surface area contributed by atoms with Gasteiger partial charge in [-0.05, 0) is 29.3 Å². The van der Waals surface area contributed by atoms with Crippen LogP contribution in [0.1, 0.15) is 11.5 Å². The number of allylic oxidation sites excluding steroid dienone is 1. The van der Waals surface area contributed by atoms with Gasteiger partial charge in [0.2, 0.25) is 10.0 Å². The highest BCUT2D eigenvalue weighted by molar-refractivity contribution is 7.95. The molecule has 2 aromatic heterocycles. The zero-order valence-electron chi connectivity index (χ0n) is 19.8. The Morgan fingerprint density at radius 3 is 2.50 bits per heavy atom. The molecule has 1 atom stereocenters. The topological polar surface area (TPSA) is 167 Å². The number of aliphatic imine (C=N–C) groups is 1. The van der Waals surface area contributed by atoms with Crippen molar-refractivity contribution in [1.29, 1.82) is 0 Å². The van der Waals surface area contributed by atoms with Crippen molar-refractivity contribution in [2.45, 2.75) is 11.8 Å². The van der Waals surface area contributed by atoms with Gasteiger partial charge in [-0.1, -0.05) is 54.6 Å². The predicted octanol–water partition coefficient (Wildman–Crippen LogP) is 3.15. The molecule has 2 aromatic carbocycles. The van der Waals surface area contributed by atoms with E-state index in [1.54, 1.807) is 6.20 Å². The van der Waals surface area contributed by atoms with Gasteiger partial charge in [-0.3, -0.25) is 9.98 Å². The molecule has 0 bridgehead atoms. The molecule has 38 heavy (non-hydrogen) atoms. The zero-order valence-corrected chi connectivity index (χ0v) is 21.5. The molecule has 4 aromatic rings. The molecule has 0 saturated heterocycles. The molecular weight excluding hydrogens is 527 g/mol. The average Bonchev–Trinajstić information content (AvgIpc) is 2.91. The van der Waals surface area contributed by atoms with E-state index in [1.165, 1.54) is 16.8 Å². The van der Waals surface area contributed by atoms with Gasteiger partial charge < -0.3 is 15.1 Å². The number of nitrogens with zero attached hydrogens (tertiary/aromatic N) is 4. The molecule has 0 radical (unpaired) electrons. The fourth-order valence-corrected chi connectivity index (χ4v) is 6.56. The van der Waals surface area contributed by atoms with E-state index < -0.39 is 23.0 Å². The van der Waals surface area contributed by atoms with Crippen LogP contribution in [-0.4, -0.2) is 51.2 Å². The molecule has 13 heteroatoms. The Kier molecular flexibility index (Phi) is 7.15. The summed E-state index contributed by atoms with van der Waals surface area (Å²) in [6.45, 7) is 0.182. The summed E-state index contributed by atoms with van der Waals surface area (Å²) in [5, 5.41) is 2.81. The second-order valence-corrected chi connectivity index (χ2v) is 12.0. The number of hydrogen-bond acceptors (Lipinski definition) is 8. The first-order valence-electron chi connectivity index (χ1n) is 11.5. The van der Waals surface area contributed by atoms with Crippen molar-refractivity contribution in [3.8, 4) is 11.1 Å². The first-order valence-corrected chi connectivity index (χ1v) is 14.7. The number of hydrogen-bond donors (Lipinski definition) is 4. The fourth-order valence-electron chi connectivity index (χ4n) is 4.08.